The molecule has 1 unspecified atom stereocenters. The fourth-order valence-corrected chi connectivity index (χ4v) is 4.29. The van der Waals surface area contributed by atoms with Crippen LogP contribution < -0.4 is 0 Å². The minimum Gasteiger partial charge on any atom is -0.396 e. The van der Waals surface area contributed by atoms with Crippen LogP contribution >= 0.6 is 0 Å². The van der Waals surface area contributed by atoms with Crippen molar-refractivity contribution in [1.82, 2.24) is 9.88 Å². The minimum atomic E-state index is 0.0198. The Labute approximate surface area is 153 Å². The van der Waals surface area contributed by atoms with E-state index in [9.17, 15) is 9.90 Å². The van der Waals surface area contributed by atoms with E-state index < -0.39 is 0 Å². The summed E-state index contributed by atoms with van der Waals surface area (Å²) in [4.78, 5) is 19.8. The van der Waals surface area contributed by atoms with E-state index in [1.165, 1.54) is 0 Å². The fourth-order valence-electron chi connectivity index (χ4n) is 4.29. The van der Waals surface area contributed by atoms with Gasteiger partial charge < -0.3 is 14.7 Å². The number of amides is 1. The Morgan fingerprint density at radius 1 is 1.27 bits per heavy atom. The van der Waals surface area contributed by atoms with Crippen LogP contribution in [0.15, 0.2) is 42.6 Å². The number of aromatic nitrogens is 1. The van der Waals surface area contributed by atoms with Crippen molar-refractivity contribution in [3.63, 3.8) is 0 Å². The monoisotopic (exact) mass is 352 g/mol. The van der Waals surface area contributed by atoms with Crippen molar-refractivity contribution in [3.8, 4) is 11.1 Å². The van der Waals surface area contributed by atoms with Crippen molar-refractivity contribution in [2.45, 2.75) is 31.9 Å². The molecule has 5 heteroatoms. The lowest BCUT2D eigenvalue weighted by Gasteiger charge is -2.38. The molecule has 5 nitrogen and oxygen atoms in total. The Hall–Kier alpha value is -2.24. The van der Waals surface area contributed by atoms with Crippen LogP contribution in [-0.2, 0) is 4.74 Å². The lowest BCUT2D eigenvalue weighted by molar-refractivity contribution is -0.0449. The van der Waals surface area contributed by atoms with Crippen LogP contribution in [0.4, 0.5) is 0 Å². The second-order valence-corrected chi connectivity index (χ2v) is 7.18. The number of pyridine rings is 1. The van der Waals surface area contributed by atoms with Crippen LogP contribution in [0.3, 0.4) is 0 Å². The summed E-state index contributed by atoms with van der Waals surface area (Å²) in [6, 6.07) is 11.9. The van der Waals surface area contributed by atoms with Gasteiger partial charge >= 0.3 is 0 Å². The SMILES string of the molecule is Cc1nccc(-c2ccccc2)c1C(=O)N1CCOC2C[C@H](CO)C[C@@H]21. The summed E-state index contributed by atoms with van der Waals surface area (Å²) in [6.07, 6.45) is 3.41. The first-order valence-electron chi connectivity index (χ1n) is 9.23. The van der Waals surface area contributed by atoms with E-state index in [1.54, 1.807) is 6.20 Å². The first-order valence-corrected chi connectivity index (χ1v) is 9.23. The quantitative estimate of drug-likeness (QED) is 0.922. The van der Waals surface area contributed by atoms with Gasteiger partial charge in [0.2, 0.25) is 0 Å². The maximum Gasteiger partial charge on any atom is 0.256 e. The molecule has 2 fully saturated rings. The molecule has 1 aliphatic heterocycles. The number of benzene rings is 1. The highest BCUT2D eigenvalue weighted by molar-refractivity contribution is 6.02. The Morgan fingerprint density at radius 3 is 2.85 bits per heavy atom. The van der Waals surface area contributed by atoms with Gasteiger partial charge in [-0.3, -0.25) is 9.78 Å². The Bertz CT molecular complexity index is 793. The van der Waals surface area contributed by atoms with Gasteiger partial charge in [0, 0.05) is 19.3 Å². The second-order valence-electron chi connectivity index (χ2n) is 7.18. The molecule has 4 rings (SSSR count). The zero-order valence-electron chi connectivity index (χ0n) is 15.0. The van der Waals surface area contributed by atoms with Crippen molar-refractivity contribution in [2.24, 2.45) is 5.92 Å². The highest BCUT2D eigenvalue weighted by atomic mass is 16.5. The molecule has 1 amide bonds. The Kier molecular flexibility index (Phi) is 4.74. The molecule has 136 valence electrons. The molecule has 2 aliphatic rings. The van der Waals surface area contributed by atoms with Gasteiger partial charge in [-0.2, -0.15) is 0 Å². The van der Waals surface area contributed by atoms with Gasteiger partial charge in [0.05, 0.1) is 30.0 Å². The van der Waals surface area contributed by atoms with Gasteiger partial charge in [-0.05, 0) is 42.9 Å². The summed E-state index contributed by atoms with van der Waals surface area (Å²) < 4.78 is 5.87. The summed E-state index contributed by atoms with van der Waals surface area (Å²) in [5.41, 5.74) is 3.36. The molecule has 2 heterocycles. The van der Waals surface area contributed by atoms with Gasteiger partial charge in [-0.25, -0.2) is 0 Å². The third-order valence-corrected chi connectivity index (χ3v) is 5.59. The number of rotatable bonds is 3. The standard InChI is InChI=1S/C21H24N2O3/c1-14-20(17(7-8-22-14)16-5-3-2-4-6-16)21(25)23-9-10-26-19-12-15(13-24)11-18(19)23/h2-8,15,18-19,24H,9-13H2,1H3/t15-,18+,19?/m1/s1. The highest BCUT2D eigenvalue weighted by Crippen LogP contribution is 2.36. The second kappa shape index (κ2) is 7.17. The van der Waals surface area contributed by atoms with Crippen molar-refractivity contribution in [1.29, 1.82) is 0 Å². The summed E-state index contributed by atoms with van der Waals surface area (Å²) >= 11 is 0. The minimum absolute atomic E-state index is 0.0198. The molecule has 1 saturated carbocycles. The van der Waals surface area contributed by atoms with E-state index in [2.05, 4.69) is 4.98 Å². The molecule has 1 saturated heterocycles. The van der Waals surface area contributed by atoms with Gasteiger partial charge in [0.1, 0.15) is 0 Å². The van der Waals surface area contributed by atoms with Crippen molar-refractivity contribution < 1.29 is 14.6 Å². The van der Waals surface area contributed by atoms with E-state index in [0.29, 0.717) is 18.7 Å². The summed E-state index contributed by atoms with van der Waals surface area (Å²) in [6.45, 7) is 3.17. The number of morpholine rings is 1. The predicted molar refractivity (Wildman–Crippen MR) is 98.8 cm³/mol. The zero-order valence-corrected chi connectivity index (χ0v) is 15.0. The Balaban J connectivity index is 1.70. The van der Waals surface area contributed by atoms with Crippen molar-refractivity contribution in [3.05, 3.63) is 53.9 Å². The number of carbonyl (C=O) groups is 1. The van der Waals surface area contributed by atoms with E-state index in [1.807, 2.05) is 48.2 Å². The topological polar surface area (TPSA) is 62.7 Å². The first kappa shape index (κ1) is 17.2. The van der Waals surface area contributed by atoms with E-state index >= 15 is 0 Å². The maximum atomic E-state index is 13.5. The molecular weight excluding hydrogens is 328 g/mol. The van der Waals surface area contributed by atoms with Crippen LogP contribution in [0.25, 0.3) is 11.1 Å². The number of aryl methyl sites for hydroxylation is 1. The average Bonchev–Trinajstić information content (AvgIpc) is 3.11. The summed E-state index contributed by atoms with van der Waals surface area (Å²) in [5, 5.41) is 9.52. The molecule has 2 aromatic rings. The third-order valence-electron chi connectivity index (χ3n) is 5.59. The van der Waals surface area contributed by atoms with E-state index in [4.69, 9.17) is 4.74 Å². The third kappa shape index (κ3) is 3.02. The zero-order chi connectivity index (χ0) is 18.1. The lowest BCUT2D eigenvalue weighted by atomic mass is 9.97. The van der Waals surface area contributed by atoms with Crippen molar-refractivity contribution in [2.75, 3.05) is 19.8 Å². The Morgan fingerprint density at radius 2 is 2.08 bits per heavy atom. The molecule has 3 atom stereocenters. The number of hydrogen-bond acceptors (Lipinski definition) is 4. The number of ether oxygens (including phenoxy) is 1. The molecule has 26 heavy (non-hydrogen) atoms. The van der Waals surface area contributed by atoms with E-state index in [0.717, 1.165) is 29.7 Å². The molecule has 0 spiro atoms. The number of carbonyl (C=O) groups excluding carboxylic acids is 1. The molecule has 0 bridgehead atoms. The van der Waals surface area contributed by atoms with Crippen LogP contribution in [0, 0.1) is 12.8 Å². The maximum absolute atomic E-state index is 13.5. The largest absolute Gasteiger partial charge is 0.396 e. The fraction of sp³-hybridized carbons (Fsp3) is 0.429. The van der Waals surface area contributed by atoms with Gasteiger partial charge in [0.25, 0.3) is 5.91 Å². The van der Waals surface area contributed by atoms with Gasteiger partial charge in [-0.15, -0.1) is 0 Å². The molecular formula is C21H24N2O3. The summed E-state index contributed by atoms with van der Waals surface area (Å²) in [5.74, 6) is 0.230. The van der Waals surface area contributed by atoms with Gasteiger partial charge in [0.15, 0.2) is 0 Å². The van der Waals surface area contributed by atoms with Crippen LogP contribution in [0.1, 0.15) is 28.9 Å². The van der Waals surface area contributed by atoms with E-state index in [-0.39, 0.29) is 30.6 Å². The number of fused-ring (bicyclic) bond motifs is 1. The normalized spacial score (nSPS) is 25.2. The predicted octanol–water partition coefficient (Wildman–Crippen LogP) is 2.67. The lowest BCUT2D eigenvalue weighted by Crippen LogP contribution is -2.51. The number of hydrogen-bond donors (Lipinski definition) is 1. The van der Waals surface area contributed by atoms with Crippen LogP contribution in [0.5, 0.6) is 0 Å². The molecule has 1 N–H and O–H groups in total. The number of aliphatic hydroxyl groups excluding tert-OH is 1. The van der Waals surface area contributed by atoms with Crippen LogP contribution in [-0.4, -0.2) is 52.8 Å². The number of nitrogens with zero attached hydrogens (tertiary/aromatic N) is 2. The molecule has 1 aromatic carbocycles. The molecule has 0 radical (unpaired) electrons. The first-order chi connectivity index (χ1) is 12.7. The summed E-state index contributed by atoms with van der Waals surface area (Å²) in [7, 11) is 0. The average molecular weight is 352 g/mol. The van der Waals surface area contributed by atoms with Crippen molar-refractivity contribution >= 4 is 5.91 Å². The smallest absolute Gasteiger partial charge is 0.256 e. The highest BCUT2D eigenvalue weighted by Gasteiger charge is 2.43. The number of aliphatic hydroxyl groups is 1. The van der Waals surface area contributed by atoms with Crippen LogP contribution in [0.2, 0.25) is 0 Å². The molecule has 1 aliphatic carbocycles. The molecule has 1 aromatic heterocycles. The van der Waals surface area contributed by atoms with Gasteiger partial charge in [-0.1, -0.05) is 30.3 Å².